The Balaban J connectivity index is 2.44. The lowest BCUT2D eigenvalue weighted by Gasteiger charge is -2.09. The van der Waals surface area contributed by atoms with Gasteiger partial charge in [0.25, 0.3) is 0 Å². The van der Waals surface area contributed by atoms with E-state index in [0.717, 1.165) is 26.3 Å². The Morgan fingerprint density at radius 1 is 1.20 bits per heavy atom. The number of fused-ring (bicyclic) bond motifs is 2. The van der Waals surface area contributed by atoms with E-state index in [1.807, 2.05) is 24.3 Å². The average Bonchev–Trinajstić information content (AvgIpc) is 2.30. The Labute approximate surface area is 95.4 Å². The van der Waals surface area contributed by atoms with Crippen molar-refractivity contribution >= 4 is 33.2 Å². The van der Waals surface area contributed by atoms with Gasteiger partial charge in [-0.15, -0.1) is 11.3 Å². The topological polar surface area (TPSA) is 17.1 Å². The summed E-state index contributed by atoms with van der Waals surface area (Å²) in [4.78, 5) is 12.1. The molecule has 15 heavy (non-hydrogen) atoms. The van der Waals surface area contributed by atoms with Gasteiger partial charge in [0.1, 0.15) is 0 Å². The van der Waals surface area contributed by atoms with Gasteiger partial charge in [-0.25, -0.2) is 0 Å². The minimum absolute atomic E-state index is 0.205. The lowest BCUT2D eigenvalue weighted by molar-refractivity contribution is 1.20. The summed E-state index contributed by atoms with van der Waals surface area (Å²) in [7, 11) is 0. The van der Waals surface area contributed by atoms with Crippen molar-refractivity contribution < 1.29 is 0 Å². The SMILES string of the molecule is O=c1c2c(sc3ccccc13)SC=CC2. The van der Waals surface area contributed by atoms with Crippen LogP contribution in [0.2, 0.25) is 0 Å². The summed E-state index contributed by atoms with van der Waals surface area (Å²) in [6.45, 7) is 0. The maximum Gasteiger partial charge on any atom is 0.192 e. The van der Waals surface area contributed by atoms with Gasteiger partial charge in [-0.05, 0) is 24.0 Å². The molecule has 3 rings (SSSR count). The van der Waals surface area contributed by atoms with Crippen LogP contribution < -0.4 is 5.43 Å². The zero-order chi connectivity index (χ0) is 10.3. The first-order chi connectivity index (χ1) is 7.36. The fourth-order valence-corrected chi connectivity index (χ4v) is 3.89. The highest BCUT2D eigenvalue weighted by atomic mass is 32.2. The van der Waals surface area contributed by atoms with E-state index in [2.05, 4.69) is 11.5 Å². The van der Waals surface area contributed by atoms with Crippen molar-refractivity contribution in [1.29, 1.82) is 0 Å². The fourth-order valence-electron chi connectivity index (χ4n) is 1.71. The van der Waals surface area contributed by atoms with E-state index < -0.39 is 0 Å². The number of rotatable bonds is 0. The van der Waals surface area contributed by atoms with Crippen LogP contribution in [0, 0.1) is 0 Å². The number of hydrogen-bond donors (Lipinski definition) is 0. The average molecular weight is 232 g/mol. The minimum atomic E-state index is 0.205. The van der Waals surface area contributed by atoms with Gasteiger partial charge in [-0.1, -0.05) is 30.0 Å². The molecule has 2 heterocycles. The molecule has 0 spiro atoms. The molecule has 3 heteroatoms. The van der Waals surface area contributed by atoms with Gasteiger partial charge in [0, 0.05) is 15.6 Å². The Morgan fingerprint density at radius 2 is 2.07 bits per heavy atom. The number of thioether (sulfide) groups is 1. The molecule has 1 aliphatic heterocycles. The second kappa shape index (κ2) is 3.51. The minimum Gasteiger partial charge on any atom is -0.289 e. The quantitative estimate of drug-likeness (QED) is 0.692. The van der Waals surface area contributed by atoms with Crippen molar-refractivity contribution in [3.8, 4) is 0 Å². The predicted octanol–water partition coefficient (Wildman–Crippen LogP) is 3.42. The van der Waals surface area contributed by atoms with Crippen LogP contribution in [0.5, 0.6) is 0 Å². The normalized spacial score (nSPS) is 14.1. The van der Waals surface area contributed by atoms with Crippen molar-refractivity contribution in [3.63, 3.8) is 0 Å². The smallest absolute Gasteiger partial charge is 0.192 e. The highest BCUT2D eigenvalue weighted by Crippen LogP contribution is 2.34. The summed E-state index contributed by atoms with van der Waals surface area (Å²) in [6, 6.07) is 7.83. The summed E-state index contributed by atoms with van der Waals surface area (Å²) in [6.07, 6.45) is 2.83. The Kier molecular flexibility index (Phi) is 2.15. The Hall–Kier alpha value is -1.06. The molecule has 0 fully saturated rings. The first-order valence-electron chi connectivity index (χ1n) is 4.72. The van der Waals surface area contributed by atoms with Gasteiger partial charge in [0.15, 0.2) is 5.43 Å². The van der Waals surface area contributed by atoms with Crippen LogP contribution >= 0.6 is 23.1 Å². The van der Waals surface area contributed by atoms with Gasteiger partial charge in [-0.2, -0.15) is 0 Å². The lowest BCUT2D eigenvalue weighted by atomic mass is 10.1. The van der Waals surface area contributed by atoms with Gasteiger partial charge in [0.05, 0.1) is 4.21 Å². The molecule has 0 N–H and O–H groups in total. The zero-order valence-electron chi connectivity index (χ0n) is 7.90. The molecule has 1 aromatic heterocycles. The van der Waals surface area contributed by atoms with Gasteiger partial charge in [0.2, 0.25) is 0 Å². The molecule has 0 radical (unpaired) electrons. The summed E-state index contributed by atoms with van der Waals surface area (Å²) in [5.74, 6) is 0. The molecular formula is C12H8OS2. The summed E-state index contributed by atoms with van der Waals surface area (Å²) < 4.78 is 2.24. The molecule has 74 valence electrons. The van der Waals surface area contributed by atoms with Gasteiger partial charge in [-0.3, -0.25) is 4.79 Å². The van der Waals surface area contributed by atoms with Crippen LogP contribution in [-0.4, -0.2) is 0 Å². The zero-order valence-corrected chi connectivity index (χ0v) is 9.53. The number of hydrogen-bond acceptors (Lipinski definition) is 3. The summed E-state index contributed by atoms with van der Waals surface area (Å²) in [5, 5.41) is 2.92. The van der Waals surface area contributed by atoms with Crippen molar-refractivity contribution in [2.24, 2.45) is 0 Å². The van der Waals surface area contributed by atoms with Crippen LogP contribution in [0.4, 0.5) is 0 Å². The standard InChI is InChI=1S/C12H8OS2/c13-11-8-4-1-2-6-10(8)15-12-9(11)5-3-7-14-12/h1-4,6-7H,5H2. The second-order valence-electron chi connectivity index (χ2n) is 3.39. The molecule has 0 saturated heterocycles. The largest absolute Gasteiger partial charge is 0.289 e. The molecule has 1 nitrogen and oxygen atoms in total. The second-order valence-corrected chi connectivity index (χ2v) is 5.61. The van der Waals surface area contributed by atoms with E-state index in [9.17, 15) is 4.79 Å². The Bertz CT molecular complexity index is 611. The first-order valence-corrected chi connectivity index (χ1v) is 6.42. The monoisotopic (exact) mass is 232 g/mol. The molecule has 0 bridgehead atoms. The first kappa shape index (κ1) is 9.19. The molecule has 0 amide bonds. The molecule has 0 saturated carbocycles. The molecular weight excluding hydrogens is 224 g/mol. The third-order valence-corrected chi connectivity index (χ3v) is 4.78. The highest BCUT2D eigenvalue weighted by Gasteiger charge is 2.13. The van der Waals surface area contributed by atoms with Crippen LogP contribution in [-0.2, 0) is 6.42 Å². The van der Waals surface area contributed by atoms with E-state index in [0.29, 0.717) is 0 Å². The van der Waals surface area contributed by atoms with Crippen molar-refractivity contribution in [2.45, 2.75) is 10.6 Å². The third-order valence-electron chi connectivity index (χ3n) is 2.45. The molecule has 1 aliphatic rings. The fraction of sp³-hybridized carbons (Fsp3) is 0.0833. The van der Waals surface area contributed by atoms with Crippen LogP contribution in [0.25, 0.3) is 10.1 Å². The maximum absolute atomic E-state index is 12.1. The molecule has 2 aromatic rings. The van der Waals surface area contributed by atoms with Gasteiger partial charge >= 0.3 is 0 Å². The van der Waals surface area contributed by atoms with Crippen molar-refractivity contribution in [2.75, 3.05) is 0 Å². The summed E-state index contributed by atoms with van der Waals surface area (Å²) >= 11 is 3.37. The third kappa shape index (κ3) is 1.43. The highest BCUT2D eigenvalue weighted by molar-refractivity contribution is 8.04. The number of allylic oxidation sites excluding steroid dienone is 1. The summed E-state index contributed by atoms with van der Waals surface area (Å²) in [5.41, 5.74) is 1.17. The van der Waals surface area contributed by atoms with Crippen LogP contribution in [0.1, 0.15) is 5.56 Å². The van der Waals surface area contributed by atoms with E-state index >= 15 is 0 Å². The molecule has 1 aromatic carbocycles. The van der Waals surface area contributed by atoms with Gasteiger partial charge < -0.3 is 0 Å². The predicted molar refractivity (Wildman–Crippen MR) is 66.8 cm³/mol. The maximum atomic E-state index is 12.1. The lowest BCUT2D eigenvalue weighted by Crippen LogP contribution is -2.09. The molecule has 0 atom stereocenters. The van der Waals surface area contributed by atoms with Crippen LogP contribution in [0.15, 0.2) is 44.8 Å². The van der Waals surface area contributed by atoms with Crippen molar-refractivity contribution in [3.05, 3.63) is 51.5 Å². The van der Waals surface area contributed by atoms with E-state index in [1.54, 1.807) is 23.1 Å². The van der Waals surface area contributed by atoms with E-state index in [-0.39, 0.29) is 5.43 Å². The molecule has 0 aliphatic carbocycles. The van der Waals surface area contributed by atoms with E-state index in [1.165, 1.54) is 0 Å². The molecule has 0 unspecified atom stereocenters. The van der Waals surface area contributed by atoms with E-state index in [4.69, 9.17) is 0 Å². The van der Waals surface area contributed by atoms with Crippen LogP contribution in [0.3, 0.4) is 0 Å². The number of benzene rings is 1. The Morgan fingerprint density at radius 3 is 3.00 bits per heavy atom. The van der Waals surface area contributed by atoms with Crippen molar-refractivity contribution in [1.82, 2.24) is 0 Å².